The second-order valence-corrected chi connectivity index (χ2v) is 5.16. The molecule has 0 spiro atoms. The highest BCUT2D eigenvalue weighted by atomic mass is 14.9. The van der Waals surface area contributed by atoms with Crippen molar-refractivity contribution in [3.63, 3.8) is 0 Å². The largest absolute Gasteiger partial charge is 0.381 e. The highest BCUT2D eigenvalue weighted by molar-refractivity contribution is 5.82. The number of nitrogens with zero attached hydrogens (tertiary/aromatic N) is 1. The van der Waals surface area contributed by atoms with E-state index in [4.69, 9.17) is 0 Å². The molecule has 20 heavy (non-hydrogen) atoms. The summed E-state index contributed by atoms with van der Waals surface area (Å²) in [5.41, 5.74) is 6.09. The standard InChI is InChI=1S/C18H18N2/c1-13-7-8-17(14(2)11-13)20-12-15-9-10-19-18-6-4-3-5-16(15)18/h3-11,20H,12H2,1-2H3. The van der Waals surface area contributed by atoms with Gasteiger partial charge < -0.3 is 5.32 Å². The average Bonchev–Trinajstić information content (AvgIpc) is 2.46. The Labute approximate surface area is 119 Å². The van der Waals surface area contributed by atoms with Crippen LogP contribution >= 0.6 is 0 Å². The van der Waals surface area contributed by atoms with Crippen molar-refractivity contribution in [2.45, 2.75) is 20.4 Å². The molecule has 1 heterocycles. The second-order valence-electron chi connectivity index (χ2n) is 5.16. The van der Waals surface area contributed by atoms with Gasteiger partial charge >= 0.3 is 0 Å². The molecule has 3 rings (SSSR count). The number of aryl methyl sites for hydroxylation is 2. The van der Waals surface area contributed by atoms with Gasteiger partial charge in [-0.1, -0.05) is 35.9 Å². The number of aromatic nitrogens is 1. The minimum atomic E-state index is 0.812. The van der Waals surface area contributed by atoms with Crippen molar-refractivity contribution in [2.24, 2.45) is 0 Å². The van der Waals surface area contributed by atoms with Gasteiger partial charge in [-0.05, 0) is 43.2 Å². The molecule has 0 radical (unpaired) electrons. The molecule has 0 bridgehead atoms. The maximum atomic E-state index is 4.40. The zero-order valence-electron chi connectivity index (χ0n) is 11.9. The van der Waals surface area contributed by atoms with Gasteiger partial charge in [0.15, 0.2) is 0 Å². The van der Waals surface area contributed by atoms with Crippen molar-refractivity contribution in [3.05, 3.63) is 71.4 Å². The Hall–Kier alpha value is -2.35. The maximum Gasteiger partial charge on any atom is 0.0705 e. The predicted molar refractivity (Wildman–Crippen MR) is 85.0 cm³/mol. The van der Waals surface area contributed by atoms with Crippen LogP contribution in [0.5, 0.6) is 0 Å². The van der Waals surface area contributed by atoms with Crippen molar-refractivity contribution in [2.75, 3.05) is 5.32 Å². The lowest BCUT2D eigenvalue weighted by molar-refractivity contribution is 1.14. The van der Waals surface area contributed by atoms with Crippen LogP contribution in [0.1, 0.15) is 16.7 Å². The Morgan fingerprint density at radius 3 is 2.70 bits per heavy atom. The lowest BCUT2D eigenvalue weighted by Crippen LogP contribution is -2.02. The van der Waals surface area contributed by atoms with E-state index in [2.05, 4.69) is 66.6 Å². The van der Waals surface area contributed by atoms with Crippen LogP contribution in [0, 0.1) is 13.8 Å². The van der Waals surface area contributed by atoms with Gasteiger partial charge in [-0.3, -0.25) is 4.98 Å². The molecular formula is C18H18N2. The summed E-state index contributed by atoms with van der Waals surface area (Å²) in [6, 6.07) is 16.8. The number of rotatable bonds is 3. The molecule has 1 N–H and O–H groups in total. The normalized spacial score (nSPS) is 10.7. The summed E-state index contributed by atoms with van der Waals surface area (Å²) in [4.78, 5) is 4.40. The molecule has 0 aliphatic carbocycles. The van der Waals surface area contributed by atoms with Crippen LogP contribution in [0.2, 0.25) is 0 Å². The van der Waals surface area contributed by atoms with Crippen molar-refractivity contribution in [1.82, 2.24) is 4.98 Å². The minimum absolute atomic E-state index is 0.812. The van der Waals surface area contributed by atoms with Crippen LogP contribution in [-0.4, -0.2) is 4.98 Å². The summed E-state index contributed by atoms with van der Waals surface area (Å²) in [5.74, 6) is 0. The third-order valence-electron chi connectivity index (χ3n) is 3.59. The van der Waals surface area contributed by atoms with E-state index in [-0.39, 0.29) is 0 Å². The van der Waals surface area contributed by atoms with Crippen LogP contribution < -0.4 is 5.32 Å². The first kappa shape index (κ1) is 12.7. The first-order chi connectivity index (χ1) is 9.74. The van der Waals surface area contributed by atoms with Crippen LogP contribution in [-0.2, 0) is 6.54 Å². The fourth-order valence-electron chi connectivity index (χ4n) is 2.51. The molecule has 0 aliphatic rings. The van der Waals surface area contributed by atoms with E-state index >= 15 is 0 Å². The summed E-state index contributed by atoms with van der Waals surface area (Å²) < 4.78 is 0. The lowest BCUT2D eigenvalue weighted by atomic mass is 10.1. The van der Waals surface area contributed by atoms with E-state index in [1.807, 2.05) is 12.3 Å². The molecule has 2 aromatic carbocycles. The van der Waals surface area contributed by atoms with E-state index in [0.717, 1.165) is 12.1 Å². The van der Waals surface area contributed by atoms with Gasteiger partial charge in [-0.25, -0.2) is 0 Å². The first-order valence-corrected chi connectivity index (χ1v) is 6.88. The lowest BCUT2D eigenvalue weighted by Gasteiger charge is -2.11. The first-order valence-electron chi connectivity index (χ1n) is 6.88. The monoisotopic (exact) mass is 262 g/mol. The van der Waals surface area contributed by atoms with Gasteiger partial charge in [0.25, 0.3) is 0 Å². The van der Waals surface area contributed by atoms with Crippen molar-refractivity contribution in [3.8, 4) is 0 Å². The minimum Gasteiger partial charge on any atom is -0.381 e. The van der Waals surface area contributed by atoms with Crippen LogP contribution in [0.25, 0.3) is 10.9 Å². The molecule has 0 saturated carbocycles. The summed E-state index contributed by atoms with van der Waals surface area (Å²) in [7, 11) is 0. The van der Waals surface area contributed by atoms with Crippen LogP contribution in [0.15, 0.2) is 54.7 Å². The number of nitrogens with one attached hydrogen (secondary N) is 1. The van der Waals surface area contributed by atoms with Gasteiger partial charge in [0.1, 0.15) is 0 Å². The van der Waals surface area contributed by atoms with Gasteiger partial charge in [-0.2, -0.15) is 0 Å². The number of anilines is 1. The summed E-state index contributed by atoms with van der Waals surface area (Å²) >= 11 is 0. The molecule has 2 nitrogen and oxygen atoms in total. The van der Waals surface area contributed by atoms with E-state index in [0.29, 0.717) is 0 Å². The van der Waals surface area contributed by atoms with Gasteiger partial charge in [0.2, 0.25) is 0 Å². The molecular weight excluding hydrogens is 244 g/mol. The molecule has 100 valence electrons. The fraction of sp³-hybridized carbons (Fsp3) is 0.167. The number of hydrogen-bond donors (Lipinski definition) is 1. The molecule has 0 saturated heterocycles. The van der Waals surface area contributed by atoms with Gasteiger partial charge in [0.05, 0.1) is 5.52 Å². The van der Waals surface area contributed by atoms with E-state index in [9.17, 15) is 0 Å². The third kappa shape index (κ3) is 2.50. The van der Waals surface area contributed by atoms with Crippen molar-refractivity contribution in [1.29, 1.82) is 0 Å². The van der Waals surface area contributed by atoms with Crippen LogP contribution in [0.4, 0.5) is 5.69 Å². The molecule has 0 amide bonds. The Morgan fingerprint density at radius 2 is 1.85 bits per heavy atom. The number of fused-ring (bicyclic) bond motifs is 1. The quantitative estimate of drug-likeness (QED) is 0.753. The Morgan fingerprint density at radius 1 is 1.00 bits per heavy atom. The molecule has 0 atom stereocenters. The maximum absolute atomic E-state index is 4.40. The molecule has 1 aromatic heterocycles. The number of hydrogen-bond acceptors (Lipinski definition) is 2. The summed E-state index contributed by atoms with van der Waals surface area (Å²) in [6.45, 7) is 5.07. The SMILES string of the molecule is Cc1ccc(NCc2ccnc3ccccc23)c(C)c1. The third-order valence-corrected chi connectivity index (χ3v) is 3.59. The molecule has 0 aliphatic heterocycles. The Bertz CT molecular complexity index is 742. The zero-order chi connectivity index (χ0) is 13.9. The topological polar surface area (TPSA) is 24.9 Å². The van der Waals surface area contributed by atoms with Gasteiger partial charge in [-0.15, -0.1) is 0 Å². The predicted octanol–water partition coefficient (Wildman–Crippen LogP) is 4.46. The highest BCUT2D eigenvalue weighted by Gasteiger charge is 2.02. The number of para-hydroxylation sites is 1. The summed E-state index contributed by atoms with van der Waals surface area (Å²) in [5, 5.41) is 4.74. The molecule has 0 fully saturated rings. The molecule has 2 heteroatoms. The summed E-state index contributed by atoms with van der Waals surface area (Å²) in [6.07, 6.45) is 1.88. The number of benzene rings is 2. The average molecular weight is 262 g/mol. The number of pyridine rings is 1. The smallest absolute Gasteiger partial charge is 0.0705 e. The molecule has 0 unspecified atom stereocenters. The van der Waals surface area contributed by atoms with Crippen molar-refractivity contribution >= 4 is 16.6 Å². The van der Waals surface area contributed by atoms with E-state index in [1.165, 1.54) is 27.8 Å². The fourth-order valence-corrected chi connectivity index (χ4v) is 2.51. The zero-order valence-corrected chi connectivity index (χ0v) is 11.9. The van der Waals surface area contributed by atoms with E-state index in [1.54, 1.807) is 0 Å². The molecule has 3 aromatic rings. The highest BCUT2D eigenvalue weighted by Crippen LogP contribution is 2.20. The van der Waals surface area contributed by atoms with Gasteiger partial charge in [0, 0.05) is 23.8 Å². The Kier molecular flexibility index (Phi) is 3.38. The Balaban J connectivity index is 1.87. The van der Waals surface area contributed by atoms with E-state index < -0.39 is 0 Å². The van der Waals surface area contributed by atoms with Crippen molar-refractivity contribution < 1.29 is 0 Å². The van der Waals surface area contributed by atoms with Crippen LogP contribution in [0.3, 0.4) is 0 Å². The second kappa shape index (κ2) is 5.33.